The van der Waals surface area contributed by atoms with Gasteiger partial charge in [-0.3, -0.25) is 4.68 Å². The van der Waals surface area contributed by atoms with Crippen molar-refractivity contribution in [3.63, 3.8) is 0 Å². The minimum Gasteiger partial charge on any atom is -0.444 e. The molecule has 0 saturated carbocycles. The predicted octanol–water partition coefficient (Wildman–Crippen LogP) is 3.62. The average molecular weight is 330 g/mol. The molecule has 1 atom stereocenters. The number of benzene rings is 1. The Morgan fingerprint density at radius 2 is 2.08 bits per heavy atom. The van der Waals surface area contributed by atoms with Crippen LogP contribution in [0.3, 0.4) is 0 Å². The molecule has 24 heavy (non-hydrogen) atoms. The Morgan fingerprint density at radius 1 is 1.33 bits per heavy atom. The van der Waals surface area contributed by atoms with Crippen molar-refractivity contribution in [2.24, 2.45) is 7.05 Å². The number of aryl methyl sites for hydroxylation is 1. The van der Waals surface area contributed by atoms with Gasteiger partial charge in [0.15, 0.2) is 0 Å². The van der Waals surface area contributed by atoms with Crippen molar-refractivity contribution in [1.82, 2.24) is 15.1 Å². The molecule has 1 unspecified atom stereocenters. The summed E-state index contributed by atoms with van der Waals surface area (Å²) in [6.45, 7) is 8.04. The standard InChI is InChI=1S/C18H26N4O2/c1-13(16-9-10-20-22(16)5)21-15-8-6-7-14(11-15)12-19-17(23)24-18(2,3)4/h6-11,13,21H,12H2,1-5H3,(H,19,23). The molecule has 0 aliphatic rings. The molecule has 6 nitrogen and oxygen atoms in total. The number of ether oxygens (including phenoxy) is 1. The summed E-state index contributed by atoms with van der Waals surface area (Å²) in [7, 11) is 1.93. The number of nitrogens with zero attached hydrogens (tertiary/aromatic N) is 2. The van der Waals surface area contributed by atoms with Gasteiger partial charge in [-0.15, -0.1) is 0 Å². The van der Waals surface area contributed by atoms with Crippen LogP contribution in [-0.2, 0) is 18.3 Å². The van der Waals surface area contributed by atoms with E-state index in [-0.39, 0.29) is 6.04 Å². The first-order valence-corrected chi connectivity index (χ1v) is 8.05. The molecule has 6 heteroatoms. The maximum atomic E-state index is 11.7. The quantitative estimate of drug-likeness (QED) is 0.878. The van der Waals surface area contributed by atoms with Crippen LogP contribution in [0.5, 0.6) is 0 Å². The number of carbonyl (C=O) groups is 1. The van der Waals surface area contributed by atoms with Gasteiger partial charge in [-0.2, -0.15) is 5.10 Å². The van der Waals surface area contributed by atoms with Crippen molar-refractivity contribution in [3.05, 3.63) is 47.8 Å². The second-order valence-electron chi connectivity index (χ2n) is 6.80. The predicted molar refractivity (Wildman–Crippen MR) is 94.8 cm³/mol. The molecule has 1 aromatic heterocycles. The summed E-state index contributed by atoms with van der Waals surface area (Å²) in [5, 5.41) is 10.4. The van der Waals surface area contributed by atoms with E-state index in [0.29, 0.717) is 6.54 Å². The van der Waals surface area contributed by atoms with Crippen molar-refractivity contribution in [2.45, 2.75) is 45.9 Å². The Hall–Kier alpha value is -2.50. The summed E-state index contributed by atoms with van der Waals surface area (Å²) in [6.07, 6.45) is 1.37. The molecule has 0 fully saturated rings. The number of nitrogens with one attached hydrogen (secondary N) is 2. The monoisotopic (exact) mass is 330 g/mol. The van der Waals surface area contributed by atoms with E-state index in [0.717, 1.165) is 16.9 Å². The SMILES string of the molecule is CC(Nc1cccc(CNC(=O)OC(C)(C)C)c1)c1ccnn1C. The summed E-state index contributed by atoms with van der Waals surface area (Å²) in [6, 6.07) is 10.1. The second-order valence-corrected chi connectivity index (χ2v) is 6.80. The third-order valence-corrected chi connectivity index (χ3v) is 3.45. The van der Waals surface area contributed by atoms with E-state index < -0.39 is 11.7 Å². The van der Waals surface area contributed by atoms with E-state index in [1.165, 1.54) is 0 Å². The maximum Gasteiger partial charge on any atom is 0.407 e. The van der Waals surface area contributed by atoms with Gasteiger partial charge >= 0.3 is 6.09 Å². The summed E-state index contributed by atoms with van der Waals surface area (Å²) in [5.74, 6) is 0. The number of carbonyl (C=O) groups excluding carboxylic acids is 1. The number of hydrogen-bond acceptors (Lipinski definition) is 4. The smallest absolute Gasteiger partial charge is 0.407 e. The first kappa shape index (κ1) is 17.8. The zero-order valence-corrected chi connectivity index (χ0v) is 15.0. The third kappa shape index (κ3) is 5.30. The fourth-order valence-electron chi connectivity index (χ4n) is 2.39. The van der Waals surface area contributed by atoms with Crippen molar-refractivity contribution in [3.8, 4) is 0 Å². The second kappa shape index (κ2) is 7.38. The number of rotatable bonds is 5. The highest BCUT2D eigenvalue weighted by Crippen LogP contribution is 2.19. The number of aromatic nitrogens is 2. The van der Waals surface area contributed by atoms with Gasteiger partial charge in [0.1, 0.15) is 5.60 Å². The van der Waals surface area contributed by atoms with Crippen LogP contribution in [0.25, 0.3) is 0 Å². The van der Waals surface area contributed by atoms with Crippen LogP contribution < -0.4 is 10.6 Å². The maximum absolute atomic E-state index is 11.7. The van der Waals surface area contributed by atoms with E-state index in [1.807, 2.05) is 62.8 Å². The molecule has 1 heterocycles. The fourth-order valence-corrected chi connectivity index (χ4v) is 2.39. The minimum absolute atomic E-state index is 0.131. The lowest BCUT2D eigenvalue weighted by Gasteiger charge is -2.20. The summed E-state index contributed by atoms with van der Waals surface area (Å²) < 4.78 is 7.09. The minimum atomic E-state index is -0.494. The zero-order valence-electron chi connectivity index (χ0n) is 15.0. The van der Waals surface area contributed by atoms with Crippen molar-refractivity contribution in [2.75, 3.05) is 5.32 Å². The first-order chi connectivity index (χ1) is 11.2. The fraction of sp³-hybridized carbons (Fsp3) is 0.444. The van der Waals surface area contributed by atoms with E-state index >= 15 is 0 Å². The number of alkyl carbamates (subject to hydrolysis) is 1. The zero-order chi connectivity index (χ0) is 17.7. The van der Waals surface area contributed by atoms with Crippen LogP contribution in [0.1, 0.15) is 45.0 Å². The first-order valence-electron chi connectivity index (χ1n) is 8.05. The molecule has 2 N–H and O–H groups in total. The van der Waals surface area contributed by atoms with Gasteiger partial charge in [-0.1, -0.05) is 12.1 Å². The lowest BCUT2D eigenvalue weighted by molar-refractivity contribution is 0.0523. The Kier molecular flexibility index (Phi) is 5.49. The lowest BCUT2D eigenvalue weighted by atomic mass is 10.1. The van der Waals surface area contributed by atoms with Gasteiger partial charge < -0.3 is 15.4 Å². The molecule has 1 amide bonds. The Labute approximate surface area is 143 Å². The van der Waals surface area contributed by atoms with Crippen molar-refractivity contribution in [1.29, 1.82) is 0 Å². The van der Waals surface area contributed by atoms with Crippen LogP contribution >= 0.6 is 0 Å². The number of anilines is 1. The van der Waals surface area contributed by atoms with Crippen LogP contribution in [-0.4, -0.2) is 21.5 Å². The molecule has 1 aromatic carbocycles. The van der Waals surface area contributed by atoms with Crippen molar-refractivity contribution < 1.29 is 9.53 Å². The highest BCUT2D eigenvalue weighted by Gasteiger charge is 2.15. The lowest BCUT2D eigenvalue weighted by Crippen LogP contribution is -2.32. The Morgan fingerprint density at radius 3 is 2.71 bits per heavy atom. The molecule has 0 spiro atoms. The van der Waals surface area contributed by atoms with E-state index in [9.17, 15) is 4.79 Å². The van der Waals surface area contributed by atoms with Gasteiger partial charge in [0, 0.05) is 25.5 Å². The van der Waals surface area contributed by atoms with E-state index in [4.69, 9.17) is 4.74 Å². The van der Waals surface area contributed by atoms with Gasteiger partial charge in [-0.05, 0) is 51.5 Å². The van der Waals surface area contributed by atoms with E-state index in [1.54, 1.807) is 6.20 Å². The normalized spacial score (nSPS) is 12.5. The topological polar surface area (TPSA) is 68.2 Å². The molecule has 2 aromatic rings. The summed E-state index contributed by atoms with van der Waals surface area (Å²) in [5.41, 5.74) is 2.61. The van der Waals surface area contributed by atoms with Crippen LogP contribution in [0, 0.1) is 0 Å². The molecule has 0 saturated heterocycles. The van der Waals surface area contributed by atoms with Crippen LogP contribution in [0.4, 0.5) is 10.5 Å². The third-order valence-electron chi connectivity index (χ3n) is 3.45. The average Bonchev–Trinajstić information content (AvgIpc) is 2.90. The van der Waals surface area contributed by atoms with Crippen LogP contribution in [0.2, 0.25) is 0 Å². The van der Waals surface area contributed by atoms with Gasteiger partial charge in [0.05, 0.1) is 11.7 Å². The number of amides is 1. The molecule has 0 aliphatic carbocycles. The molecule has 130 valence electrons. The molecule has 2 rings (SSSR count). The number of hydrogen-bond donors (Lipinski definition) is 2. The van der Waals surface area contributed by atoms with E-state index in [2.05, 4.69) is 22.7 Å². The molecule has 0 bridgehead atoms. The van der Waals surface area contributed by atoms with Crippen LogP contribution in [0.15, 0.2) is 36.5 Å². The van der Waals surface area contributed by atoms with Gasteiger partial charge in [0.25, 0.3) is 0 Å². The van der Waals surface area contributed by atoms with Gasteiger partial charge in [-0.25, -0.2) is 4.79 Å². The van der Waals surface area contributed by atoms with Gasteiger partial charge in [0.2, 0.25) is 0 Å². The Bertz CT molecular complexity index is 688. The summed E-state index contributed by atoms with van der Waals surface area (Å²) in [4.78, 5) is 11.7. The molecular formula is C18H26N4O2. The highest BCUT2D eigenvalue weighted by atomic mass is 16.6. The highest BCUT2D eigenvalue weighted by molar-refractivity contribution is 5.67. The molecule has 0 aliphatic heterocycles. The molecule has 0 radical (unpaired) electrons. The molecular weight excluding hydrogens is 304 g/mol. The largest absolute Gasteiger partial charge is 0.444 e. The Balaban J connectivity index is 1.94. The summed E-state index contributed by atoms with van der Waals surface area (Å²) >= 11 is 0. The van der Waals surface area contributed by atoms with Crippen molar-refractivity contribution >= 4 is 11.8 Å².